The van der Waals surface area contributed by atoms with Gasteiger partial charge < -0.3 is 19.5 Å². The van der Waals surface area contributed by atoms with Crippen molar-refractivity contribution < 1.29 is 32.2 Å². The summed E-state index contributed by atoms with van der Waals surface area (Å²) in [5.41, 5.74) is 3.65. The zero-order valence-corrected chi connectivity index (χ0v) is 20.1. The summed E-state index contributed by atoms with van der Waals surface area (Å²) in [6.45, 7) is 0.316. The van der Waals surface area contributed by atoms with E-state index in [-0.39, 0.29) is 16.1 Å². The Kier molecular flexibility index (Phi) is 6.51. The highest BCUT2D eigenvalue weighted by Gasteiger charge is 2.20. The molecular formula is C26H24N2O7S. The monoisotopic (exact) mass is 508 g/mol. The predicted octanol–water partition coefficient (Wildman–Crippen LogP) is 3.54. The number of benzene rings is 3. The van der Waals surface area contributed by atoms with Gasteiger partial charge in [0.25, 0.3) is 15.9 Å². The molecule has 0 unspecified atom stereocenters. The van der Waals surface area contributed by atoms with Gasteiger partial charge in [-0.25, -0.2) is 13.2 Å². The summed E-state index contributed by atoms with van der Waals surface area (Å²) in [5, 5.41) is 2.74. The maximum absolute atomic E-state index is 12.8. The van der Waals surface area contributed by atoms with Crippen molar-refractivity contribution in [3.8, 4) is 11.5 Å². The van der Waals surface area contributed by atoms with Crippen molar-refractivity contribution in [1.29, 1.82) is 0 Å². The summed E-state index contributed by atoms with van der Waals surface area (Å²) in [6.07, 6.45) is 3.17. The molecule has 0 atom stereocenters. The molecule has 9 nitrogen and oxygen atoms in total. The van der Waals surface area contributed by atoms with Gasteiger partial charge in [0.15, 0.2) is 18.1 Å². The summed E-state index contributed by atoms with van der Waals surface area (Å²) < 4.78 is 43.9. The van der Waals surface area contributed by atoms with E-state index in [1.54, 1.807) is 6.07 Å². The number of carbonyl (C=O) groups is 2. The van der Waals surface area contributed by atoms with Gasteiger partial charge in [-0.2, -0.15) is 0 Å². The van der Waals surface area contributed by atoms with Gasteiger partial charge in [0, 0.05) is 17.4 Å². The van der Waals surface area contributed by atoms with Gasteiger partial charge in [-0.3, -0.25) is 9.52 Å². The fraction of sp³-hybridized carbons (Fsp3) is 0.231. The number of anilines is 2. The van der Waals surface area contributed by atoms with Crippen LogP contribution in [-0.2, 0) is 32.4 Å². The third kappa shape index (κ3) is 5.28. The fourth-order valence-corrected chi connectivity index (χ4v) is 5.21. The average Bonchev–Trinajstić information content (AvgIpc) is 3.35. The Morgan fingerprint density at radius 1 is 0.833 bits per heavy atom. The second-order valence-electron chi connectivity index (χ2n) is 8.45. The van der Waals surface area contributed by atoms with Crippen molar-refractivity contribution in [1.82, 2.24) is 0 Å². The molecule has 1 aliphatic heterocycles. The molecule has 0 saturated heterocycles. The van der Waals surface area contributed by atoms with Crippen LogP contribution < -0.4 is 19.5 Å². The molecule has 3 aromatic carbocycles. The van der Waals surface area contributed by atoms with Gasteiger partial charge in [-0.15, -0.1) is 0 Å². The third-order valence-corrected chi connectivity index (χ3v) is 7.29. The molecule has 0 spiro atoms. The van der Waals surface area contributed by atoms with Crippen molar-refractivity contribution in [2.75, 3.05) is 29.9 Å². The molecule has 2 aliphatic rings. The molecule has 0 radical (unpaired) electrons. The van der Waals surface area contributed by atoms with E-state index in [0.29, 0.717) is 30.4 Å². The van der Waals surface area contributed by atoms with E-state index in [2.05, 4.69) is 10.0 Å². The lowest BCUT2D eigenvalue weighted by Crippen LogP contribution is -2.21. The minimum atomic E-state index is -3.89. The first-order valence-corrected chi connectivity index (χ1v) is 13.0. The normalized spacial score (nSPS) is 14.0. The number of nitrogens with one attached hydrogen (secondary N) is 2. The highest BCUT2D eigenvalue weighted by molar-refractivity contribution is 7.92. The molecule has 0 fully saturated rings. The van der Waals surface area contributed by atoms with Gasteiger partial charge in [0.1, 0.15) is 13.2 Å². The van der Waals surface area contributed by atoms with Crippen LogP contribution in [-0.4, -0.2) is 40.1 Å². The number of amides is 1. The molecule has 1 heterocycles. The highest BCUT2D eigenvalue weighted by atomic mass is 32.2. The minimum absolute atomic E-state index is 0.0182. The van der Waals surface area contributed by atoms with Crippen LogP contribution in [0.4, 0.5) is 11.4 Å². The quantitative estimate of drug-likeness (QED) is 0.469. The molecule has 0 bridgehead atoms. The average molecular weight is 509 g/mol. The zero-order valence-electron chi connectivity index (χ0n) is 19.3. The number of carbonyl (C=O) groups excluding carboxylic acids is 2. The lowest BCUT2D eigenvalue weighted by Gasteiger charge is -2.19. The molecule has 36 heavy (non-hydrogen) atoms. The SMILES string of the molecule is O=C(COC(=O)c1ccc(NS(=O)(=O)c2ccc3c(c2)OCCO3)cc1)Nc1ccc2c(c1)CCC2. The molecule has 5 rings (SSSR count). The van der Waals surface area contributed by atoms with Crippen molar-refractivity contribution in [3.63, 3.8) is 0 Å². The van der Waals surface area contributed by atoms with E-state index in [4.69, 9.17) is 14.2 Å². The number of fused-ring (bicyclic) bond motifs is 2. The summed E-state index contributed by atoms with van der Waals surface area (Å²) in [7, 11) is -3.89. The molecule has 186 valence electrons. The lowest BCUT2D eigenvalue weighted by atomic mass is 10.1. The largest absolute Gasteiger partial charge is 0.486 e. The van der Waals surface area contributed by atoms with Gasteiger partial charge in [0.2, 0.25) is 0 Å². The number of ether oxygens (including phenoxy) is 3. The van der Waals surface area contributed by atoms with Crippen LogP contribution in [0.25, 0.3) is 0 Å². The van der Waals surface area contributed by atoms with Crippen molar-refractivity contribution in [3.05, 3.63) is 77.4 Å². The van der Waals surface area contributed by atoms with Crippen LogP contribution in [0.1, 0.15) is 27.9 Å². The maximum Gasteiger partial charge on any atom is 0.338 e. The topological polar surface area (TPSA) is 120 Å². The number of aryl methyl sites for hydroxylation is 2. The Balaban J connectivity index is 1.16. The van der Waals surface area contributed by atoms with Crippen LogP contribution in [0.3, 0.4) is 0 Å². The Morgan fingerprint density at radius 3 is 2.36 bits per heavy atom. The van der Waals surface area contributed by atoms with E-state index >= 15 is 0 Å². The molecule has 0 saturated carbocycles. The molecule has 0 aromatic heterocycles. The number of hydrogen-bond acceptors (Lipinski definition) is 7. The molecule has 1 amide bonds. The summed E-state index contributed by atoms with van der Waals surface area (Å²) in [6, 6.07) is 15.9. The van der Waals surface area contributed by atoms with E-state index in [0.717, 1.165) is 19.3 Å². The lowest BCUT2D eigenvalue weighted by molar-refractivity contribution is -0.119. The van der Waals surface area contributed by atoms with E-state index < -0.39 is 28.5 Å². The van der Waals surface area contributed by atoms with Crippen molar-refractivity contribution >= 4 is 33.3 Å². The first kappa shape index (κ1) is 23.7. The van der Waals surface area contributed by atoms with Crippen LogP contribution in [0.2, 0.25) is 0 Å². The van der Waals surface area contributed by atoms with Crippen molar-refractivity contribution in [2.24, 2.45) is 0 Å². The molecule has 2 N–H and O–H groups in total. The molecule has 10 heteroatoms. The van der Waals surface area contributed by atoms with Gasteiger partial charge >= 0.3 is 5.97 Å². The minimum Gasteiger partial charge on any atom is -0.486 e. The summed E-state index contributed by atoms with van der Waals surface area (Å²) in [5.74, 6) is -0.281. The van der Waals surface area contributed by atoms with E-state index in [1.165, 1.54) is 47.5 Å². The van der Waals surface area contributed by atoms with Crippen LogP contribution >= 0.6 is 0 Å². The first-order chi connectivity index (χ1) is 17.4. The van der Waals surface area contributed by atoms with Gasteiger partial charge in [0.05, 0.1) is 10.5 Å². The molecule has 1 aliphatic carbocycles. The van der Waals surface area contributed by atoms with E-state index in [1.807, 2.05) is 18.2 Å². The van der Waals surface area contributed by atoms with Crippen molar-refractivity contribution in [2.45, 2.75) is 24.2 Å². The van der Waals surface area contributed by atoms with Crippen LogP contribution in [0.15, 0.2) is 65.6 Å². The number of sulfonamides is 1. The Labute approximate surface area is 208 Å². The Morgan fingerprint density at radius 2 is 1.56 bits per heavy atom. The third-order valence-electron chi connectivity index (χ3n) is 5.91. The maximum atomic E-state index is 12.8. The predicted molar refractivity (Wildman–Crippen MR) is 132 cm³/mol. The fourth-order valence-electron chi connectivity index (χ4n) is 4.14. The van der Waals surface area contributed by atoms with Gasteiger partial charge in [-0.1, -0.05) is 6.07 Å². The van der Waals surface area contributed by atoms with Crippen LogP contribution in [0, 0.1) is 0 Å². The van der Waals surface area contributed by atoms with E-state index in [9.17, 15) is 18.0 Å². The summed E-state index contributed by atoms with van der Waals surface area (Å²) in [4.78, 5) is 24.6. The number of esters is 1. The zero-order chi connectivity index (χ0) is 25.1. The summed E-state index contributed by atoms with van der Waals surface area (Å²) >= 11 is 0. The second-order valence-corrected chi connectivity index (χ2v) is 10.1. The van der Waals surface area contributed by atoms with Gasteiger partial charge in [-0.05, 0) is 78.9 Å². The smallest absolute Gasteiger partial charge is 0.338 e. The first-order valence-electron chi connectivity index (χ1n) is 11.5. The number of hydrogen-bond donors (Lipinski definition) is 2. The second kappa shape index (κ2) is 9.90. The standard InChI is InChI=1S/C26H24N2O7S/c29-25(27-21-9-4-17-2-1-3-19(17)14-21)16-35-26(30)18-5-7-20(8-6-18)28-36(31,32)22-10-11-23-24(15-22)34-13-12-33-23/h4-11,14-15,28H,1-3,12-13,16H2,(H,27,29). The van der Waals surface area contributed by atoms with Crippen LogP contribution in [0.5, 0.6) is 11.5 Å². The molecular weight excluding hydrogens is 484 g/mol. The molecule has 3 aromatic rings. The highest BCUT2D eigenvalue weighted by Crippen LogP contribution is 2.32. The Hall–Kier alpha value is -4.05. The number of rotatable bonds is 7. The Bertz CT molecular complexity index is 1420.